The molecular weight excluding hydrogens is 759 g/mol. The Morgan fingerprint density at radius 2 is 1.63 bits per heavy atom. The second-order valence-electron chi connectivity index (χ2n) is 11.9. The van der Waals surface area contributed by atoms with Crippen LogP contribution in [0.15, 0.2) is 91.1 Å². The second kappa shape index (κ2) is 14.3. The van der Waals surface area contributed by atoms with Crippen molar-refractivity contribution in [1.82, 2.24) is 14.5 Å². The van der Waals surface area contributed by atoms with Gasteiger partial charge in [-0.25, -0.2) is 0 Å². The van der Waals surface area contributed by atoms with Gasteiger partial charge in [0.05, 0.1) is 16.9 Å². The summed E-state index contributed by atoms with van der Waals surface area (Å²) in [5, 5.41) is 4.82. The zero-order chi connectivity index (χ0) is 36.7. The number of rotatable bonds is 5. The largest absolute Gasteiger partial charge is 0.333 e. The number of para-hydroxylation sites is 2. The van der Waals surface area contributed by atoms with E-state index in [-0.39, 0.29) is 31.2 Å². The van der Waals surface area contributed by atoms with Gasteiger partial charge in [0.1, 0.15) is 0 Å². The van der Waals surface area contributed by atoms with Crippen molar-refractivity contribution < 1.29 is 28.3 Å². The first-order valence-electron chi connectivity index (χ1n) is 18.1. The van der Waals surface area contributed by atoms with E-state index >= 15 is 0 Å². The third kappa shape index (κ3) is 7.08. The Kier molecular flexibility index (Phi) is 8.12. The molecule has 7 rings (SSSR count). The molecule has 3 aromatic heterocycles. The number of aromatic nitrogens is 3. The number of thiophene rings is 1. The summed E-state index contributed by atoms with van der Waals surface area (Å²) in [5.41, 5.74) is 11.2. The average molecular weight is 804 g/mol. The van der Waals surface area contributed by atoms with Crippen LogP contribution in [-0.4, -0.2) is 14.5 Å². The van der Waals surface area contributed by atoms with Crippen molar-refractivity contribution in [3.8, 4) is 28.3 Å². The number of imidazole rings is 1. The molecule has 3 nitrogen and oxygen atoms in total. The van der Waals surface area contributed by atoms with E-state index in [9.17, 15) is 0 Å². The number of fused-ring (bicyclic) bond motifs is 2. The summed E-state index contributed by atoms with van der Waals surface area (Å²) in [4.78, 5) is 9.17. The maximum atomic E-state index is 7.28. The van der Waals surface area contributed by atoms with E-state index in [1.165, 1.54) is 62.4 Å². The summed E-state index contributed by atoms with van der Waals surface area (Å²) >= 11 is 1.70. The Morgan fingerprint density at radius 3 is 2.30 bits per heavy atom. The zero-order valence-corrected chi connectivity index (χ0v) is 29.7. The molecule has 0 N–H and O–H groups in total. The Bertz CT molecular complexity index is 2240. The molecule has 1 radical (unpaired) electrons. The van der Waals surface area contributed by atoms with E-state index in [1.54, 1.807) is 23.5 Å². The van der Waals surface area contributed by atoms with Gasteiger partial charge in [-0.15, -0.1) is 46.8 Å². The third-order valence-corrected chi connectivity index (χ3v) is 8.58. The molecule has 0 aliphatic carbocycles. The van der Waals surface area contributed by atoms with Crippen molar-refractivity contribution >= 4 is 32.5 Å². The molecule has 0 atom stereocenters. The molecule has 0 saturated carbocycles. The van der Waals surface area contributed by atoms with Crippen molar-refractivity contribution in [3.63, 3.8) is 0 Å². The minimum Gasteiger partial charge on any atom is -0.333 e. The molecule has 4 aromatic carbocycles. The van der Waals surface area contributed by atoms with Crippen LogP contribution in [0.5, 0.6) is 0 Å². The Labute approximate surface area is 299 Å². The van der Waals surface area contributed by atoms with Gasteiger partial charge in [-0.1, -0.05) is 96.0 Å². The Hall–Kier alpha value is -3.89. The minimum absolute atomic E-state index is 0. The molecule has 5 heteroatoms. The van der Waals surface area contributed by atoms with Crippen molar-refractivity contribution in [3.05, 3.63) is 136 Å². The van der Waals surface area contributed by atoms with Gasteiger partial charge in [0, 0.05) is 40.2 Å². The van der Waals surface area contributed by atoms with Gasteiger partial charge < -0.3 is 9.55 Å². The first-order chi connectivity index (χ1) is 24.1. The van der Waals surface area contributed by atoms with Crippen LogP contribution < -0.4 is 0 Å². The van der Waals surface area contributed by atoms with E-state index in [4.69, 9.17) is 13.2 Å². The zero-order valence-electron chi connectivity index (χ0n) is 32.5. The summed E-state index contributed by atoms with van der Waals surface area (Å²) in [6, 6.07) is 30.2. The Morgan fingerprint density at radius 1 is 0.870 bits per heavy atom. The van der Waals surface area contributed by atoms with E-state index in [1.807, 2.05) is 0 Å². The van der Waals surface area contributed by atoms with E-state index < -0.39 is 13.7 Å². The molecule has 0 aliphatic rings. The van der Waals surface area contributed by atoms with Gasteiger partial charge in [0.15, 0.2) is 0 Å². The van der Waals surface area contributed by atoms with Crippen LogP contribution in [0.1, 0.15) is 55.5 Å². The van der Waals surface area contributed by atoms with Crippen LogP contribution in [0.4, 0.5) is 0 Å². The molecular formula is C41H39IrN3S-2. The van der Waals surface area contributed by atoms with Crippen LogP contribution in [0.3, 0.4) is 0 Å². The van der Waals surface area contributed by atoms with Gasteiger partial charge in [-0.2, -0.15) is 0 Å². The number of benzene rings is 4. The van der Waals surface area contributed by atoms with Crippen molar-refractivity contribution in [2.75, 3.05) is 0 Å². The predicted molar refractivity (Wildman–Crippen MR) is 191 cm³/mol. The summed E-state index contributed by atoms with van der Waals surface area (Å²) in [5.74, 6) is 1.62. The molecule has 235 valence electrons. The fourth-order valence-electron chi connectivity index (χ4n) is 5.87. The monoisotopic (exact) mass is 804 g/mol. The summed E-state index contributed by atoms with van der Waals surface area (Å²) in [7, 11) is 0. The predicted octanol–water partition coefficient (Wildman–Crippen LogP) is 11.0. The molecule has 0 aliphatic heterocycles. The number of hydrogen-bond acceptors (Lipinski definition) is 3. The SMILES string of the molecule is Cc1cc(C)c(-n2c(-c3[c-]sc4cc(CC(C)C)ccc34)nc3ccccc32)c(C)c1.[2H]C([2H])([2H])c1c[c-]c(-c2ccc(C([2H])([2H])[2H])cn2)cc1.[Ir]. The second-order valence-corrected chi connectivity index (χ2v) is 12.8. The quantitative estimate of drug-likeness (QED) is 0.162. The summed E-state index contributed by atoms with van der Waals surface area (Å²) < 4.78 is 47.3. The Balaban J connectivity index is 0.000000217. The summed E-state index contributed by atoms with van der Waals surface area (Å²) in [6.07, 6.45) is 2.40. The standard InChI is InChI=1S/C28H27N2S.C13H12N.Ir/c1-17(2)12-21-10-11-22-23(16-31-26(22)15-21)28-29-24-8-6-7-9-25(24)30(28)27-19(4)13-18(3)14-20(27)5;1-10-3-6-12(7-4-10)13-8-5-11(2)9-14-13;/h6-11,13-15,17H,12H2,1-5H3;3-6,8-9H,1-2H3;/q2*-1;/i;1D3,2D3;. The first kappa shape index (κ1) is 26.2. The molecule has 0 fully saturated rings. The van der Waals surface area contributed by atoms with Crippen LogP contribution in [0.2, 0.25) is 0 Å². The van der Waals surface area contributed by atoms with Crippen molar-refractivity contribution in [2.24, 2.45) is 5.92 Å². The van der Waals surface area contributed by atoms with Crippen LogP contribution in [0, 0.1) is 51.8 Å². The fraction of sp³-hybridized carbons (Fsp3) is 0.220. The maximum absolute atomic E-state index is 7.28. The maximum Gasteiger partial charge on any atom is 0.0774 e. The molecule has 0 amide bonds. The van der Waals surface area contributed by atoms with Crippen molar-refractivity contribution in [2.45, 2.75) is 54.7 Å². The third-order valence-electron chi connectivity index (χ3n) is 7.72. The molecule has 0 spiro atoms. The molecule has 0 saturated heterocycles. The number of aryl methyl sites for hydroxylation is 5. The summed E-state index contributed by atoms with van der Waals surface area (Å²) in [6.45, 7) is 6.75. The average Bonchev–Trinajstić information content (AvgIpc) is 3.65. The van der Waals surface area contributed by atoms with Crippen LogP contribution >= 0.6 is 11.3 Å². The smallest absolute Gasteiger partial charge is 0.0774 e. The van der Waals surface area contributed by atoms with Crippen LogP contribution in [0.25, 0.3) is 49.5 Å². The molecule has 46 heavy (non-hydrogen) atoms. The topological polar surface area (TPSA) is 30.7 Å². The molecule has 3 heterocycles. The molecule has 0 bridgehead atoms. The van der Waals surface area contributed by atoms with E-state index in [2.05, 4.69) is 110 Å². The van der Waals surface area contributed by atoms with Gasteiger partial charge in [0.25, 0.3) is 0 Å². The molecule has 0 unspecified atom stereocenters. The minimum atomic E-state index is -2.18. The van der Waals surface area contributed by atoms with Gasteiger partial charge in [-0.3, -0.25) is 16.3 Å². The number of pyridine rings is 1. The molecule has 7 aromatic rings. The van der Waals surface area contributed by atoms with Crippen LogP contribution in [-0.2, 0) is 26.5 Å². The first-order valence-corrected chi connectivity index (χ1v) is 15.9. The fourth-order valence-corrected chi connectivity index (χ4v) is 6.77. The van der Waals surface area contributed by atoms with Gasteiger partial charge in [0.2, 0.25) is 0 Å². The van der Waals surface area contributed by atoms with Crippen molar-refractivity contribution in [1.29, 1.82) is 0 Å². The van der Waals surface area contributed by atoms with E-state index in [0.717, 1.165) is 28.8 Å². The van der Waals surface area contributed by atoms with Gasteiger partial charge >= 0.3 is 0 Å². The normalized spacial score (nSPS) is 13.5. The van der Waals surface area contributed by atoms with Gasteiger partial charge in [-0.05, 0) is 74.5 Å². The number of hydrogen-bond donors (Lipinski definition) is 0. The van der Waals surface area contributed by atoms with E-state index in [0.29, 0.717) is 17.2 Å². The number of nitrogens with zero attached hydrogens (tertiary/aromatic N) is 3.